The van der Waals surface area contributed by atoms with Gasteiger partial charge >= 0.3 is 5.97 Å². The van der Waals surface area contributed by atoms with Crippen LogP contribution in [-0.2, 0) is 16.1 Å². The van der Waals surface area contributed by atoms with Crippen LogP contribution in [0.15, 0.2) is 42.6 Å². The van der Waals surface area contributed by atoms with E-state index in [1.165, 1.54) is 19.1 Å². The van der Waals surface area contributed by atoms with Crippen LogP contribution in [0.2, 0.25) is 0 Å². The van der Waals surface area contributed by atoms with Gasteiger partial charge in [0.05, 0.1) is 11.2 Å². The van der Waals surface area contributed by atoms with Gasteiger partial charge < -0.3 is 4.74 Å². The van der Waals surface area contributed by atoms with Gasteiger partial charge in [0.25, 0.3) is 0 Å². The molecule has 0 aliphatic carbocycles. The highest BCUT2D eigenvalue weighted by Crippen LogP contribution is 2.32. The summed E-state index contributed by atoms with van der Waals surface area (Å²) in [6, 6.07) is 10.1. The van der Waals surface area contributed by atoms with Gasteiger partial charge in [0, 0.05) is 24.2 Å². The fourth-order valence-corrected chi connectivity index (χ4v) is 2.93. The Hall–Kier alpha value is -2.69. The quantitative estimate of drug-likeness (QED) is 0.670. The molecule has 0 amide bonds. The van der Waals surface area contributed by atoms with Crippen LogP contribution in [0.3, 0.4) is 0 Å². The Morgan fingerprint density at radius 1 is 1.25 bits per heavy atom. The van der Waals surface area contributed by atoms with E-state index in [0.29, 0.717) is 5.69 Å². The molecule has 0 N–H and O–H groups in total. The smallest absolute Gasteiger partial charge is 0.302 e. The predicted molar refractivity (Wildman–Crippen MR) is 90.1 cm³/mol. The lowest BCUT2D eigenvalue weighted by atomic mass is 9.94. The minimum Gasteiger partial charge on any atom is -0.461 e. The van der Waals surface area contributed by atoms with Crippen molar-refractivity contribution in [3.63, 3.8) is 0 Å². The molecule has 0 bridgehead atoms. The highest BCUT2D eigenvalue weighted by molar-refractivity contribution is 5.72. The van der Waals surface area contributed by atoms with Gasteiger partial charge in [0.15, 0.2) is 0 Å². The molecule has 124 valence electrons. The van der Waals surface area contributed by atoms with Crippen LogP contribution in [0.25, 0.3) is 16.8 Å². The Morgan fingerprint density at radius 3 is 2.58 bits per heavy atom. The van der Waals surface area contributed by atoms with Crippen LogP contribution < -0.4 is 0 Å². The van der Waals surface area contributed by atoms with E-state index in [1.807, 2.05) is 22.8 Å². The molecule has 3 aromatic rings. The van der Waals surface area contributed by atoms with Gasteiger partial charge in [0.2, 0.25) is 0 Å². The number of rotatable bonds is 4. The highest BCUT2D eigenvalue weighted by Gasteiger charge is 2.20. The molecule has 0 saturated heterocycles. The van der Waals surface area contributed by atoms with Crippen molar-refractivity contribution in [2.75, 3.05) is 0 Å². The van der Waals surface area contributed by atoms with Crippen LogP contribution >= 0.6 is 0 Å². The number of benzene rings is 1. The number of hydrogen-bond donors (Lipinski definition) is 0. The van der Waals surface area contributed by atoms with Crippen molar-refractivity contribution in [3.05, 3.63) is 59.5 Å². The van der Waals surface area contributed by atoms with Crippen molar-refractivity contribution >= 4 is 11.5 Å². The molecule has 0 aliphatic rings. The number of fused-ring (bicyclic) bond motifs is 1. The van der Waals surface area contributed by atoms with Crippen LogP contribution in [0, 0.1) is 5.82 Å². The molecule has 1 aromatic carbocycles. The van der Waals surface area contributed by atoms with Crippen molar-refractivity contribution in [1.29, 1.82) is 0 Å². The summed E-state index contributed by atoms with van der Waals surface area (Å²) in [6.07, 6.45) is 1.88. The summed E-state index contributed by atoms with van der Waals surface area (Å²) in [7, 11) is 0. The Labute approximate surface area is 139 Å². The molecular weight excluding hydrogens is 307 g/mol. The first kappa shape index (κ1) is 16.2. The van der Waals surface area contributed by atoms with Crippen molar-refractivity contribution in [3.8, 4) is 11.3 Å². The first-order valence-electron chi connectivity index (χ1n) is 7.86. The van der Waals surface area contributed by atoms with Gasteiger partial charge in [-0.3, -0.25) is 4.79 Å². The molecule has 0 radical (unpaired) electrons. The molecule has 4 nitrogen and oxygen atoms in total. The summed E-state index contributed by atoms with van der Waals surface area (Å²) in [5.74, 6) is -0.424. The Balaban J connectivity index is 2.26. The molecular formula is C19H19FN2O2. The standard InChI is InChI=1S/C19H19FN2O2/c1-12(2)18-16(11-24-13(3)23)19(14-6-8-15(20)9-7-14)21-22-10-4-5-17(18)22/h4-10,12H,11H2,1-3H3. The zero-order valence-corrected chi connectivity index (χ0v) is 13.9. The molecule has 0 unspecified atom stereocenters. The number of carbonyl (C=O) groups excluding carboxylic acids is 1. The third-order valence-corrected chi connectivity index (χ3v) is 3.94. The lowest BCUT2D eigenvalue weighted by molar-refractivity contribution is -0.142. The van der Waals surface area contributed by atoms with Crippen LogP contribution in [0.5, 0.6) is 0 Å². The summed E-state index contributed by atoms with van der Waals surface area (Å²) in [6.45, 7) is 5.71. The first-order valence-corrected chi connectivity index (χ1v) is 7.86. The molecule has 0 fully saturated rings. The van der Waals surface area contributed by atoms with Crippen LogP contribution in [-0.4, -0.2) is 15.6 Å². The summed E-state index contributed by atoms with van der Waals surface area (Å²) >= 11 is 0. The van der Waals surface area contributed by atoms with E-state index in [2.05, 4.69) is 18.9 Å². The molecule has 2 heterocycles. The summed E-state index contributed by atoms with van der Waals surface area (Å²) in [5.41, 5.74) is 4.41. The van der Waals surface area contributed by atoms with Gasteiger partial charge in [0.1, 0.15) is 12.4 Å². The highest BCUT2D eigenvalue weighted by atomic mass is 19.1. The Morgan fingerprint density at radius 2 is 1.96 bits per heavy atom. The van der Waals surface area contributed by atoms with Gasteiger partial charge in [-0.15, -0.1) is 0 Å². The maximum Gasteiger partial charge on any atom is 0.302 e. The summed E-state index contributed by atoms with van der Waals surface area (Å²) < 4.78 is 20.4. The second-order valence-corrected chi connectivity index (χ2v) is 6.02. The number of ether oxygens (including phenoxy) is 1. The van der Waals surface area contributed by atoms with Gasteiger partial charge in [-0.2, -0.15) is 5.10 Å². The van der Waals surface area contributed by atoms with Gasteiger partial charge in [-0.25, -0.2) is 8.91 Å². The van der Waals surface area contributed by atoms with E-state index in [0.717, 1.165) is 22.2 Å². The van der Waals surface area contributed by atoms with Crippen molar-refractivity contribution in [1.82, 2.24) is 9.61 Å². The molecule has 0 saturated carbocycles. The average molecular weight is 326 g/mol. The first-order chi connectivity index (χ1) is 11.5. The molecule has 2 aromatic heterocycles. The van der Waals surface area contributed by atoms with E-state index < -0.39 is 0 Å². The minimum absolute atomic E-state index is 0.143. The van der Waals surface area contributed by atoms with E-state index in [-0.39, 0.29) is 24.3 Å². The number of esters is 1. The third kappa shape index (κ3) is 3.02. The number of hydrogen-bond acceptors (Lipinski definition) is 3. The third-order valence-electron chi connectivity index (χ3n) is 3.94. The molecule has 0 aliphatic heterocycles. The van der Waals surface area contributed by atoms with Gasteiger partial charge in [-0.1, -0.05) is 13.8 Å². The topological polar surface area (TPSA) is 43.6 Å². The number of carbonyl (C=O) groups is 1. The zero-order valence-electron chi connectivity index (χ0n) is 13.9. The molecule has 5 heteroatoms. The minimum atomic E-state index is -0.343. The molecule has 0 spiro atoms. The fourth-order valence-electron chi connectivity index (χ4n) is 2.93. The van der Waals surface area contributed by atoms with Crippen molar-refractivity contribution < 1.29 is 13.9 Å². The van der Waals surface area contributed by atoms with E-state index in [4.69, 9.17) is 4.74 Å². The Kier molecular flexibility index (Phi) is 4.34. The predicted octanol–water partition coefficient (Wildman–Crippen LogP) is 4.33. The summed E-state index contributed by atoms with van der Waals surface area (Å²) in [4.78, 5) is 11.3. The Bertz CT molecular complexity index is 882. The van der Waals surface area contributed by atoms with E-state index >= 15 is 0 Å². The second-order valence-electron chi connectivity index (χ2n) is 6.02. The summed E-state index contributed by atoms with van der Waals surface area (Å²) in [5, 5.41) is 4.66. The number of aromatic nitrogens is 2. The van der Waals surface area contributed by atoms with E-state index in [1.54, 1.807) is 12.1 Å². The van der Waals surface area contributed by atoms with Crippen molar-refractivity contribution in [2.45, 2.75) is 33.3 Å². The second kappa shape index (κ2) is 6.43. The molecule has 24 heavy (non-hydrogen) atoms. The van der Waals surface area contributed by atoms with E-state index in [9.17, 15) is 9.18 Å². The van der Waals surface area contributed by atoms with Crippen LogP contribution in [0.1, 0.15) is 37.8 Å². The fraction of sp³-hybridized carbons (Fsp3) is 0.263. The molecule has 3 rings (SSSR count). The average Bonchev–Trinajstić information content (AvgIpc) is 2.99. The number of nitrogens with zero attached hydrogens (tertiary/aromatic N) is 2. The van der Waals surface area contributed by atoms with Crippen molar-refractivity contribution in [2.24, 2.45) is 0 Å². The normalized spacial score (nSPS) is 11.2. The lowest BCUT2D eigenvalue weighted by Crippen LogP contribution is -2.10. The largest absolute Gasteiger partial charge is 0.461 e. The lowest BCUT2D eigenvalue weighted by Gasteiger charge is -2.18. The maximum absolute atomic E-state index is 13.3. The zero-order chi connectivity index (χ0) is 17.3. The van der Waals surface area contributed by atoms with Crippen LogP contribution in [0.4, 0.5) is 4.39 Å². The monoisotopic (exact) mass is 326 g/mol. The molecule has 0 atom stereocenters. The van der Waals surface area contributed by atoms with Gasteiger partial charge in [-0.05, 0) is 47.9 Å². The SMILES string of the molecule is CC(=O)OCc1c(-c2ccc(F)cc2)nn2cccc2c1C(C)C. The maximum atomic E-state index is 13.3. The number of halogens is 1.